The fraction of sp³-hybridized carbons (Fsp3) is 0.250. The zero-order valence-corrected chi connectivity index (χ0v) is 9.93. The molecule has 0 aliphatic rings. The van der Waals surface area contributed by atoms with Crippen LogP contribution in [0.4, 0.5) is 0 Å². The van der Waals surface area contributed by atoms with E-state index in [0.29, 0.717) is 6.61 Å². The van der Waals surface area contributed by atoms with E-state index in [1.54, 1.807) is 0 Å². The zero-order chi connectivity index (χ0) is 11.8. The molecule has 0 amide bonds. The van der Waals surface area contributed by atoms with E-state index in [1.165, 1.54) is 11.1 Å². The highest BCUT2D eigenvalue weighted by molar-refractivity contribution is 5.14. The van der Waals surface area contributed by atoms with Crippen LogP contribution in [0, 0.1) is 6.07 Å². The van der Waals surface area contributed by atoms with Crippen LogP contribution < -0.4 is 0 Å². The van der Waals surface area contributed by atoms with Crippen molar-refractivity contribution < 1.29 is 4.74 Å². The van der Waals surface area contributed by atoms with Gasteiger partial charge in [0.15, 0.2) is 0 Å². The number of hydrogen-bond acceptors (Lipinski definition) is 1. The zero-order valence-electron chi connectivity index (χ0n) is 9.93. The van der Waals surface area contributed by atoms with E-state index in [1.807, 2.05) is 30.3 Å². The summed E-state index contributed by atoms with van der Waals surface area (Å²) in [5.41, 5.74) is 2.59. The fourth-order valence-corrected chi connectivity index (χ4v) is 1.73. The average Bonchev–Trinajstić information content (AvgIpc) is 2.41. The molecule has 1 nitrogen and oxygen atoms in total. The Morgan fingerprint density at radius 3 is 2.41 bits per heavy atom. The molecule has 1 radical (unpaired) electrons. The van der Waals surface area contributed by atoms with E-state index >= 15 is 0 Å². The first-order valence-corrected chi connectivity index (χ1v) is 6.02. The minimum absolute atomic E-state index is 0.712. The van der Waals surface area contributed by atoms with Crippen molar-refractivity contribution in [1.82, 2.24) is 0 Å². The Morgan fingerprint density at radius 1 is 0.882 bits per heavy atom. The van der Waals surface area contributed by atoms with Gasteiger partial charge in [0.05, 0.1) is 6.61 Å². The number of ether oxygens (including phenoxy) is 1. The molecular formula is C16H17O. The van der Waals surface area contributed by atoms with Gasteiger partial charge in [-0.05, 0) is 30.0 Å². The van der Waals surface area contributed by atoms with Gasteiger partial charge in [-0.1, -0.05) is 54.6 Å². The van der Waals surface area contributed by atoms with Crippen molar-refractivity contribution >= 4 is 0 Å². The lowest BCUT2D eigenvalue weighted by atomic mass is 10.1. The summed E-state index contributed by atoms with van der Waals surface area (Å²) in [5, 5.41) is 0. The van der Waals surface area contributed by atoms with Crippen molar-refractivity contribution in [2.45, 2.75) is 19.4 Å². The summed E-state index contributed by atoms with van der Waals surface area (Å²) in [4.78, 5) is 0. The van der Waals surface area contributed by atoms with Gasteiger partial charge in [-0.15, -0.1) is 0 Å². The highest BCUT2D eigenvalue weighted by Crippen LogP contribution is 2.04. The molecule has 2 aromatic rings. The standard InChI is InChI=1S/C16H17O/c1-3-8-15(9-4-1)12-7-13-17-14-16-10-5-2-6-11-16/h2-6,8-11H,7,12-14H2. The first-order chi connectivity index (χ1) is 8.45. The van der Waals surface area contributed by atoms with Gasteiger partial charge in [-0.25, -0.2) is 0 Å². The van der Waals surface area contributed by atoms with Crippen LogP contribution in [0.3, 0.4) is 0 Å². The summed E-state index contributed by atoms with van der Waals surface area (Å²) in [7, 11) is 0. The second-order valence-corrected chi connectivity index (χ2v) is 4.05. The summed E-state index contributed by atoms with van der Waals surface area (Å²) in [6.07, 6.45) is 2.14. The molecule has 87 valence electrons. The van der Waals surface area contributed by atoms with Gasteiger partial charge < -0.3 is 4.74 Å². The average molecular weight is 225 g/mol. The maximum atomic E-state index is 5.63. The largest absolute Gasteiger partial charge is 0.377 e. The molecule has 1 heteroatoms. The van der Waals surface area contributed by atoms with Crippen LogP contribution in [-0.2, 0) is 17.8 Å². The smallest absolute Gasteiger partial charge is 0.0716 e. The van der Waals surface area contributed by atoms with Crippen LogP contribution in [0.1, 0.15) is 17.5 Å². The Bertz CT molecular complexity index is 367. The Balaban J connectivity index is 1.61. The SMILES string of the molecule is [c]1ccc(CCCOCc2ccccc2)cc1. The molecule has 0 saturated heterocycles. The highest BCUT2D eigenvalue weighted by Gasteiger charge is 1.94. The van der Waals surface area contributed by atoms with Gasteiger partial charge in [0, 0.05) is 6.61 Å². The van der Waals surface area contributed by atoms with Crippen LogP contribution in [0.2, 0.25) is 0 Å². The molecule has 0 unspecified atom stereocenters. The van der Waals surface area contributed by atoms with Crippen molar-refractivity contribution in [2.24, 2.45) is 0 Å². The summed E-state index contributed by atoms with van der Waals surface area (Å²) < 4.78 is 5.63. The topological polar surface area (TPSA) is 9.23 Å². The monoisotopic (exact) mass is 225 g/mol. The van der Waals surface area contributed by atoms with Gasteiger partial charge in [0.2, 0.25) is 0 Å². The van der Waals surface area contributed by atoms with E-state index in [4.69, 9.17) is 4.74 Å². The quantitative estimate of drug-likeness (QED) is 0.682. The maximum Gasteiger partial charge on any atom is 0.0716 e. The van der Waals surface area contributed by atoms with E-state index < -0.39 is 0 Å². The van der Waals surface area contributed by atoms with Crippen LogP contribution in [0.15, 0.2) is 54.6 Å². The first kappa shape index (κ1) is 11.9. The van der Waals surface area contributed by atoms with E-state index in [9.17, 15) is 0 Å². The van der Waals surface area contributed by atoms with Gasteiger partial charge in [-0.2, -0.15) is 0 Å². The predicted octanol–water partition coefficient (Wildman–Crippen LogP) is 3.64. The molecule has 0 atom stereocenters. The van der Waals surface area contributed by atoms with Crippen LogP contribution in [-0.4, -0.2) is 6.61 Å². The van der Waals surface area contributed by atoms with Crippen molar-refractivity contribution in [3.05, 3.63) is 71.8 Å². The minimum Gasteiger partial charge on any atom is -0.377 e. The van der Waals surface area contributed by atoms with E-state index in [2.05, 4.69) is 30.3 Å². The molecule has 0 aliphatic heterocycles. The lowest BCUT2D eigenvalue weighted by Crippen LogP contribution is -1.97. The van der Waals surface area contributed by atoms with Gasteiger partial charge in [0.1, 0.15) is 0 Å². The molecule has 0 spiro atoms. The maximum absolute atomic E-state index is 5.63. The van der Waals surface area contributed by atoms with Crippen LogP contribution in [0.5, 0.6) is 0 Å². The third kappa shape index (κ3) is 4.41. The van der Waals surface area contributed by atoms with E-state index in [-0.39, 0.29) is 0 Å². The van der Waals surface area contributed by atoms with Crippen LogP contribution in [0.25, 0.3) is 0 Å². The molecule has 2 rings (SSSR count). The third-order valence-corrected chi connectivity index (χ3v) is 2.65. The second kappa shape index (κ2) is 6.87. The number of rotatable bonds is 6. The lowest BCUT2D eigenvalue weighted by Gasteiger charge is -2.04. The van der Waals surface area contributed by atoms with Crippen molar-refractivity contribution in [2.75, 3.05) is 6.61 Å². The molecular weight excluding hydrogens is 208 g/mol. The normalized spacial score (nSPS) is 10.4. The molecule has 0 aromatic heterocycles. The molecule has 2 aromatic carbocycles. The lowest BCUT2D eigenvalue weighted by molar-refractivity contribution is 0.118. The molecule has 0 heterocycles. The summed E-state index contributed by atoms with van der Waals surface area (Å²) in [5.74, 6) is 0. The molecule has 0 saturated carbocycles. The van der Waals surface area contributed by atoms with Crippen LogP contribution >= 0.6 is 0 Å². The summed E-state index contributed by atoms with van der Waals surface area (Å²) >= 11 is 0. The highest BCUT2D eigenvalue weighted by atomic mass is 16.5. The van der Waals surface area contributed by atoms with Crippen molar-refractivity contribution in [3.63, 3.8) is 0 Å². The van der Waals surface area contributed by atoms with Gasteiger partial charge in [0.25, 0.3) is 0 Å². The number of aryl methyl sites for hydroxylation is 1. The molecule has 0 N–H and O–H groups in total. The number of benzene rings is 2. The van der Waals surface area contributed by atoms with Crippen molar-refractivity contribution in [1.29, 1.82) is 0 Å². The number of hydrogen-bond donors (Lipinski definition) is 0. The Kier molecular flexibility index (Phi) is 4.80. The summed E-state index contributed by atoms with van der Waals surface area (Å²) in [6, 6.07) is 21.4. The summed E-state index contributed by atoms with van der Waals surface area (Å²) in [6.45, 7) is 1.52. The van der Waals surface area contributed by atoms with Gasteiger partial charge in [-0.3, -0.25) is 0 Å². The Labute approximate surface area is 103 Å². The predicted molar refractivity (Wildman–Crippen MR) is 69.7 cm³/mol. The molecule has 0 aliphatic carbocycles. The minimum atomic E-state index is 0.712. The Morgan fingerprint density at radius 2 is 1.65 bits per heavy atom. The fourth-order valence-electron chi connectivity index (χ4n) is 1.73. The second-order valence-electron chi connectivity index (χ2n) is 4.05. The molecule has 17 heavy (non-hydrogen) atoms. The Hall–Kier alpha value is -1.60. The van der Waals surface area contributed by atoms with Crippen molar-refractivity contribution in [3.8, 4) is 0 Å². The van der Waals surface area contributed by atoms with Gasteiger partial charge >= 0.3 is 0 Å². The molecule has 0 fully saturated rings. The molecule has 0 bridgehead atoms. The first-order valence-electron chi connectivity index (χ1n) is 6.02. The van der Waals surface area contributed by atoms with E-state index in [0.717, 1.165) is 19.4 Å². The third-order valence-electron chi connectivity index (χ3n) is 2.65.